The van der Waals surface area contributed by atoms with Gasteiger partial charge in [0.05, 0.1) is 15.6 Å². The number of thiazole rings is 1. The summed E-state index contributed by atoms with van der Waals surface area (Å²) in [6.07, 6.45) is 0. The van der Waals surface area contributed by atoms with Crippen molar-refractivity contribution < 1.29 is 9.59 Å². The molecular formula is C20H21N3O2S2. The van der Waals surface area contributed by atoms with Gasteiger partial charge in [0.2, 0.25) is 5.91 Å². The summed E-state index contributed by atoms with van der Waals surface area (Å²) in [6.45, 7) is 5.78. The molecular weight excluding hydrogens is 378 g/mol. The molecule has 0 spiro atoms. The van der Waals surface area contributed by atoms with Gasteiger partial charge in [0.25, 0.3) is 5.91 Å². The summed E-state index contributed by atoms with van der Waals surface area (Å²) in [5.74, 6) is -0.509. The van der Waals surface area contributed by atoms with Crippen LogP contribution in [0.25, 0.3) is 11.3 Å². The van der Waals surface area contributed by atoms with E-state index in [0.717, 1.165) is 16.3 Å². The van der Waals surface area contributed by atoms with E-state index in [1.165, 1.54) is 11.3 Å². The first-order chi connectivity index (χ1) is 12.9. The summed E-state index contributed by atoms with van der Waals surface area (Å²) >= 11 is 2.94. The van der Waals surface area contributed by atoms with Crippen molar-refractivity contribution in [3.63, 3.8) is 0 Å². The number of carbonyl (C=O) groups is 2. The number of rotatable bonds is 6. The van der Waals surface area contributed by atoms with Gasteiger partial charge in [-0.3, -0.25) is 9.59 Å². The second kappa shape index (κ2) is 8.45. The van der Waals surface area contributed by atoms with E-state index in [9.17, 15) is 9.59 Å². The lowest BCUT2D eigenvalue weighted by Gasteiger charge is -2.21. The fourth-order valence-corrected chi connectivity index (χ4v) is 3.88. The van der Waals surface area contributed by atoms with Crippen LogP contribution in [0, 0.1) is 12.8 Å². The Labute approximate surface area is 166 Å². The summed E-state index contributed by atoms with van der Waals surface area (Å²) in [7, 11) is 0. The van der Waals surface area contributed by atoms with Gasteiger partial charge >= 0.3 is 0 Å². The normalized spacial score (nSPS) is 12.0. The lowest BCUT2D eigenvalue weighted by Crippen LogP contribution is -2.46. The summed E-state index contributed by atoms with van der Waals surface area (Å²) in [5.41, 5.74) is 2.51. The van der Waals surface area contributed by atoms with Gasteiger partial charge in [-0.15, -0.1) is 22.7 Å². The Kier molecular flexibility index (Phi) is 6.03. The van der Waals surface area contributed by atoms with Gasteiger partial charge < -0.3 is 10.6 Å². The standard InChI is InChI=1S/C20H21N3O2S2/c1-12(2)18(23-19(24)17-8-5-9-26-17)20(25)22-15-7-4-6-14(10-15)16-11-27-13(3)21-16/h4-12,18H,1-3H3,(H,22,25)(H,23,24). The molecule has 0 aliphatic carbocycles. The lowest BCUT2D eigenvalue weighted by atomic mass is 10.0. The SMILES string of the molecule is Cc1nc(-c2cccc(NC(=O)C(NC(=O)c3cccs3)C(C)C)c2)cs1. The maximum absolute atomic E-state index is 12.8. The maximum atomic E-state index is 12.8. The molecule has 5 nitrogen and oxygen atoms in total. The molecule has 3 rings (SSSR count). The van der Waals surface area contributed by atoms with Crippen LogP contribution in [0.15, 0.2) is 47.2 Å². The molecule has 0 aliphatic heterocycles. The molecule has 0 fully saturated rings. The monoisotopic (exact) mass is 399 g/mol. The van der Waals surface area contributed by atoms with Crippen molar-refractivity contribution in [3.8, 4) is 11.3 Å². The first-order valence-corrected chi connectivity index (χ1v) is 10.4. The minimum atomic E-state index is -0.621. The third-order valence-electron chi connectivity index (χ3n) is 4.03. The molecule has 2 heterocycles. The lowest BCUT2D eigenvalue weighted by molar-refractivity contribution is -0.118. The fourth-order valence-electron chi connectivity index (χ4n) is 2.63. The molecule has 0 saturated carbocycles. The number of nitrogens with one attached hydrogen (secondary N) is 2. The Balaban J connectivity index is 1.73. The van der Waals surface area contributed by atoms with E-state index in [1.807, 2.05) is 61.9 Å². The number of aromatic nitrogens is 1. The minimum Gasteiger partial charge on any atom is -0.339 e. The molecule has 7 heteroatoms. The highest BCUT2D eigenvalue weighted by atomic mass is 32.1. The van der Waals surface area contributed by atoms with Gasteiger partial charge in [-0.2, -0.15) is 0 Å². The second-order valence-electron chi connectivity index (χ2n) is 6.49. The number of benzene rings is 1. The Hall–Kier alpha value is -2.51. The highest BCUT2D eigenvalue weighted by Gasteiger charge is 2.25. The Bertz CT molecular complexity index is 932. The van der Waals surface area contributed by atoms with Crippen LogP contribution >= 0.6 is 22.7 Å². The predicted molar refractivity (Wildman–Crippen MR) is 111 cm³/mol. The van der Waals surface area contributed by atoms with E-state index in [-0.39, 0.29) is 17.7 Å². The van der Waals surface area contributed by atoms with Gasteiger partial charge in [0, 0.05) is 16.6 Å². The molecule has 2 amide bonds. The van der Waals surface area contributed by atoms with Crippen molar-refractivity contribution in [1.29, 1.82) is 0 Å². The number of carbonyl (C=O) groups excluding carboxylic acids is 2. The van der Waals surface area contributed by atoms with Crippen LogP contribution in [-0.2, 0) is 4.79 Å². The van der Waals surface area contributed by atoms with E-state index in [4.69, 9.17) is 0 Å². The Morgan fingerprint density at radius 1 is 1.11 bits per heavy atom. The molecule has 0 saturated heterocycles. The molecule has 140 valence electrons. The first-order valence-electron chi connectivity index (χ1n) is 8.62. The van der Waals surface area contributed by atoms with Crippen LogP contribution in [0.3, 0.4) is 0 Å². The van der Waals surface area contributed by atoms with Crippen LogP contribution < -0.4 is 10.6 Å². The van der Waals surface area contributed by atoms with Crippen LogP contribution in [-0.4, -0.2) is 22.8 Å². The highest BCUT2D eigenvalue weighted by molar-refractivity contribution is 7.12. The summed E-state index contributed by atoms with van der Waals surface area (Å²) in [6, 6.07) is 10.5. The van der Waals surface area contributed by atoms with Crippen LogP contribution in [0.5, 0.6) is 0 Å². The van der Waals surface area contributed by atoms with Crippen molar-refractivity contribution in [2.75, 3.05) is 5.32 Å². The number of hydrogen-bond donors (Lipinski definition) is 2. The van der Waals surface area contributed by atoms with Gasteiger partial charge in [0.15, 0.2) is 0 Å². The number of nitrogens with zero attached hydrogens (tertiary/aromatic N) is 1. The van der Waals surface area contributed by atoms with E-state index in [0.29, 0.717) is 10.6 Å². The second-order valence-corrected chi connectivity index (χ2v) is 8.50. The quantitative estimate of drug-likeness (QED) is 0.638. The topological polar surface area (TPSA) is 71.1 Å². The van der Waals surface area contributed by atoms with Crippen molar-refractivity contribution >= 4 is 40.2 Å². The molecule has 0 aliphatic rings. The molecule has 0 bridgehead atoms. The summed E-state index contributed by atoms with van der Waals surface area (Å²) in [4.78, 5) is 30.2. The molecule has 27 heavy (non-hydrogen) atoms. The Morgan fingerprint density at radius 3 is 2.56 bits per heavy atom. The van der Waals surface area contributed by atoms with E-state index in [2.05, 4.69) is 15.6 Å². The molecule has 1 unspecified atom stereocenters. The van der Waals surface area contributed by atoms with Gasteiger partial charge in [-0.1, -0.05) is 32.0 Å². The molecule has 0 radical (unpaired) electrons. The zero-order chi connectivity index (χ0) is 19.4. The van der Waals surface area contributed by atoms with Crippen molar-refractivity contribution in [2.24, 2.45) is 5.92 Å². The van der Waals surface area contributed by atoms with Crippen molar-refractivity contribution in [3.05, 3.63) is 57.0 Å². The average Bonchev–Trinajstić information content (AvgIpc) is 3.31. The van der Waals surface area contributed by atoms with E-state index < -0.39 is 6.04 Å². The van der Waals surface area contributed by atoms with E-state index in [1.54, 1.807) is 17.4 Å². The Morgan fingerprint density at radius 2 is 1.93 bits per heavy atom. The van der Waals surface area contributed by atoms with Crippen LogP contribution in [0.1, 0.15) is 28.5 Å². The smallest absolute Gasteiger partial charge is 0.262 e. The van der Waals surface area contributed by atoms with Crippen molar-refractivity contribution in [1.82, 2.24) is 10.3 Å². The summed E-state index contributed by atoms with van der Waals surface area (Å²) in [5, 5.41) is 10.6. The molecule has 2 aromatic heterocycles. The first kappa shape index (κ1) is 19.3. The zero-order valence-corrected chi connectivity index (χ0v) is 17.0. The fraction of sp³-hybridized carbons (Fsp3) is 0.250. The minimum absolute atomic E-state index is 0.0433. The molecule has 1 aromatic carbocycles. The average molecular weight is 400 g/mol. The van der Waals surface area contributed by atoms with Gasteiger partial charge in [-0.05, 0) is 36.4 Å². The summed E-state index contributed by atoms with van der Waals surface area (Å²) < 4.78 is 0. The number of anilines is 1. The van der Waals surface area contributed by atoms with Crippen LogP contribution in [0.2, 0.25) is 0 Å². The third-order valence-corrected chi connectivity index (χ3v) is 5.67. The number of amides is 2. The highest BCUT2D eigenvalue weighted by Crippen LogP contribution is 2.24. The van der Waals surface area contributed by atoms with E-state index >= 15 is 0 Å². The van der Waals surface area contributed by atoms with Crippen molar-refractivity contribution in [2.45, 2.75) is 26.8 Å². The number of aryl methyl sites for hydroxylation is 1. The zero-order valence-electron chi connectivity index (χ0n) is 15.4. The molecule has 2 N–H and O–H groups in total. The van der Waals surface area contributed by atoms with Crippen LogP contribution in [0.4, 0.5) is 5.69 Å². The number of thiophene rings is 1. The van der Waals surface area contributed by atoms with Gasteiger partial charge in [-0.25, -0.2) is 4.98 Å². The van der Waals surface area contributed by atoms with Gasteiger partial charge in [0.1, 0.15) is 6.04 Å². The number of hydrogen-bond acceptors (Lipinski definition) is 5. The third kappa shape index (κ3) is 4.81. The maximum Gasteiger partial charge on any atom is 0.262 e. The molecule has 3 aromatic rings. The largest absolute Gasteiger partial charge is 0.339 e. The molecule has 1 atom stereocenters. The predicted octanol–water partition coefficient (Wildman–Crippen LogP) is 4.57.